The first-order valence-electron chi connectivity index (χ1n) is 7.04. The Morgan fingerprint density at radius 2 is 1.71 bits per heavy atom. The standard InChI is InChI=1S/C15H20O5Si/c1-12(16)19-21(20-13(2)17,9-8-14-10-18-11-14)15-6-4-3-5-7-15/h3-7,14H,8-11H2,1-2H3. The molecule has 21 heavy (non-hydrogen) atoms. The van der Waals surface area contributed by atoms with Gasteiger partial charge in [-0.2, -0.15) is 0 Å². The molecule has 0 atom stereocenters. The molecule has 5 nitrogen and oxygen atoms in total. The Labute approximate surface area is 125 Å². The van der Waals surface area contributed by atoms with Crippen molar-refractivity contribution in [2.45, 2.75) is 26.3 Å². The molecule has 2 rings (SSSR count). The van der Waals surface area contributed by atoms with E-state index in [1.165, 1.54) is 13.8 Å². The third-order valence-electron chi connectivity index (χ3n) is 3.42. The zero-order valence-electron chi connectivity index (χ0n) is 12.3. The molecular weight excluding hydrogens is 288 g/mol. The van der Waals surface area contributed by atoms with Crippen molar-refractivity contribution in [3.8, 4) is 0 Å². The predicted molar refractivity (Wildman–Crippen MR) is 79.1 cm³/mol. The van der Waals surface area contributed by atoms with Crippen LogP contribution in [0.1, 0.15) is 20.3 Å². The highest BCUT2D eigenvalue weighted by Crippen LogP contribution is 2.24. The maximum Gasteiger partial charge on any atom is 0.499 e. The minimum atomic E-state index is -3.10. The molecule has 0 radical (unpaired) electrons. The molecule has 6 heteroatoms. The summed E-state index contributed by atoms with van der Waals surface area (Å²) < 4.78 is 16.3. The summed E-state index contributed by atoms with van der Waals surface area (Å²) in [5, 5.41) is 0.802. The Morgan fingerprint density at radius 1 is 1.14 bits per heavy atom. The molecule has 1 aromatic rings. The average Bonchev–Trinajstić information content (AvgIpc) is 2.36. The Kier molecular flexibility index (Phi) is 5.14. The van der Waals surface area contributed by atoms with E-state index in [-0.39, 0.29) is 0 Å². The van der Waals surface area contributed by atoms with Gasteiger partial charge in [0.15, 0.2) is 0 Å². The maximum atomic E-state index is 11.5. The lowest BCUT2D eigenvalue weighted by molar-refractivity contribution is -0.138. The summed E-state index contributed by atoms with van der Waals surface area (Å²) >= 11 is 0. The third kappa shape index (κ3) is 4.15. The fraction of sp³-hybridized carbons (Fsp3) is 0.467. The van der Waals surface area contributed by atoms with Gasteiger partial charge in [-0.15, -0.1) is 0 Å². The fourth-order valence-corrected chi connectivity index (χ4v) is 5.57. The van der Waals surface area contributed by atoms with E-state index < -0.39 is 20.5 Å². The van der Waals surface area contributed by atoms with Gasteiger partial charge < -0.3 is 13.6 Å². The van der Waals surface area contributed by atoms with Gasteiger partial charge in [0, 0.05) is 31.0 Å². The molecule has 1 aromatic carbocycles. The van der Waals surface area contributed by atoms with Crippen LogP contribution in [-0.4, -0.2) is 33.7 Å². The van der Waals surface area contributed by atoms with E-state index >= 15 is 0 Å². The van der Waals surface area contributed by atoms with Crippen molar-refractivity contribution in [2.24, 2.45) is 5.92 Å². The summed E-state index contributed by atoms with van der Waals surface area (Å²) in [6, 6.07) is 9.87. The van der Waals surface area contributed by atoms with Crippen LogP contribution in [0.3, 0.4) is 0 Å². The average molecular weight is 308 g/mol. The van der Waals surface area contributed by atoms with E-state index in [9.17, 15) is 9.59 Å². The number of ether oxygens (including phenoxy) is 1. The molecule has 114 valence electrons. The molecule has 0 saturated carbocycles. The van der Waals surface area contributed by atoms with E-state index in [4.69, 9.17) is 13.6 Å². The van der Waals surface area contributed by atoms with Crippen LogP contribution in [0.2, 0.25) is 6.04 Å². The molecule has 0 bridgehead atoms. The molecule has 0 spiro atoms. The lowest BCUT2D eigenvalue weighted by atomic mass is 10.1. The maximum absolute atomic E-state index is 11.5. The SMILES string of the molecule is CC(=O)O[Si](CCC1COC1)(OC(C)=O)c1ccccc1. The van der Waals surface area contributed by atoms with Gasteiger partial charge in [-0.05, 0) is 6.42 Å². The second-order valence-electron chi connectivity index (χ2n) is 5.25. The number of benzene rings is 1. The van der Waals surface area contributed by atoms with Crippen molar-refractivity contribution in [1.82, 2.24) is 0 Å². The van der Waals surface area contributed by atoms with Crippen LogP contribution in [0, 0.1) is 5.92 Å². The van der Waals surface area contributed by atoms with Gasteiger partial charge in [-0.25, -0.2) is 0 Å². The van der Waals surface area contributed by atoms with Gasteiger partial charge >= 0.3 is 8.56 Å². The van der Waals surface area contributed by atoms with Crippen LogP contribution < -0.4 is 5.19 Å². The molecule has 1 aliphatic rings. The van der Waals surface area contributed by atoms with Crippen LogP contribution >= 0.6 is 0 Å². The number of hydrogen-bond acceptors (Lipinski definition) is 5. The largest absolute Gasteiger partial charge is 0.499 e. The summed E-state index contributed by atoms with van der Waals surface area (Å²) in [6.45, 7) is 4.14. The van der Waals surface area contributed by atoms with Crippen molar-refractivity contribution >= 4 is 25.7 Å². The second-order valence-corrected chi connectivity index (χ2v) is 8.24. The van der Waals surface area contributed by atoms with Gasteiger partial charge in [0.2, 0.25) is 0 Å². The topological polar surface area (TPSA) is 61.8 Å². The quantitative estimate of drug-likeness (QED) is 0.745. The molecule has 1 fully saturated rings. The Morgan fingerprint density at radius 3 is 2.14 bits per heavy atom. The van der Waals surface area contributed by atoms with E-state index in [1.807, 2.05) is 30.3 Å². The van der Waals surface area contributed by atoms with Crippen molar-refractivity contribution in [1.29, 1.82) is 0 Å². The lowest BCUT2D eigenvalue weighted by Gasteiger charge is -2.32. The Hall–Kier alpha value is -1.66. The van der Waals surface area contributed by atoms with Crippen LogP contribution in [0.4, 0.5) is 0 Å². The molecule has 0 amide bonds. The number of carbonyl (C=O) groups is 2. The van der Waals surface area contributed by atoms with Gasteiger partial charge in [-0.3, -0.25) is 9.59 Å². The molecule has 0 N–H and O–H groups in total. The van der Waals surface area contributed by atoms with E-state index in [2.05, 4.69) is 0 Å². The number of hydrogen-bond donors (Lipinski definition) is 0. The van der Waals surface area contributed by atoms with Gasteiger partial charge in [0.1, 0.15) is 0 Å². The highest BCUT2D eigenvalue weighted by molar-refractivity contribution is 6.83. The highest BCUT2D eigenvalue weighted by Gasteiger charge is 2.46. The van der Waals surface area contributed by atoms with Crippen molar-refractivity contribution in [3.63, 3.8) is 0 Å². The third-order valence-corrected chi connectivity index (χ3v) is 6.81. The molecule has 1 saturated heterocycles. The summed E-state index contributed by atoms with van der Waals surface area (Å²) in [4.78, 5) is 23.1. The molecule has 0 aromatic heterocycles. The van der Waals surface area contributed by atoms with Crippen molar-refractivity contribution in [3.05, 3.63) is 30.3 Å². The molecule has 1 heterocycles. The van der Waals surface area contributed by atoms with E-state index in [0.717, 1.165) is 24.8 Å². The first-order valence-corrected chi connectivity index (χ1v) is 9.06. The number of rotatable bonds is 6. The minimum Gasteiger partial charge on any atom is -0.482 e. The van der Waals surface area contributed by atoms with Crippen LogP contribution in [0.5, 0.6) is 0 Å². The lowest BCUT2D eigenvalue weighted by Crippen LogP contribution is -2.56. The van der Waals surface area contributed by atoms with Crippen LogP contribution in [-0.2, 0) is 23.2 Å². The van der Waals surface area contributed by atoms with E-state index in [1.54, 1.807) is 0 Å². The zero-order chi connectivity index (χ0) is 15.3. The minimum absolute atomic E-state index is 0.420. The number of carbonyl (C=O) groups excluding carboxylic acids is 2. The highest BCUT2D eigenvalue weighted by atomic mass is 28.4. The predicted octanol–water partition coefficient (Wildman–Crippen LogP) is 1.50. The van der Waals surface area contributed by atoms with Crippen molar-refractivity contribution in [2.75, 3.05) is 13.2 Å². The fourth-order valence-electron chi connectivity index (χ4n) is 2.39. The first-order chi connectivity index (χ1) is 10.0. The zero-order valence-corrected chi connectivity index (χ0v) is 13.3. The van der Waals surface area contributed by atoms with Crippen LogP contribution in [0.25, 0.3) is 0 Å². The van der Waals surface area contributed by atoms with Gasteiger partial charge in [-0.1, -0.05) is 30.3 Å². The monoisotopic (exact) mass is 308 g/mol. The normalized spacial score (nSPS) is 15.1. The van der Waals surface area contributed by atoms with Crippen molar-refractivity contribution < 1.29 is 23.2 Å². The summed E-state index contributed by atoms with van der Waals surface area (Å²) in [5.74, 6) is -0.389. The summed E-state index contributed by atoms with van der Waals surface area (Å²) in [6.07, 6.45) is 0.821. The molecular formula is C15H20O5Si. The molecule has 0 unspecified atom stereocenters. The van der Waals surface area contributed by atoms with E-state index in [0.29, 0.717) is 12.0 Å². The smallest absolute Gasteiger partial charge is 0.482 e. The summed E-state index contributed by atoms with van der Waals surface area (Å²) in [7, 11) is -3.10. The Bertz CT molecular complexity index is 482. The Balaban J connectivity index is 2.26. The van der Waals surface area contributed by atoms with Gasteiger partial charge in [0.05, 0.1) is 13.2 Å². The molecule has 0 aliphatic carbocycles. The van der Waals surface area contributed by atoms with Crippen LogP contribution in [0.15, 0.2) is 30.3 Å². The van der Waals surface area contributed by atoms with Gasteiger partial charge in [0.25, 0.3) is 11.9 Å². The second kappa shape index (κ2) is 6.86. The molecule has 1 aliphatic heterocycles. The summed E-state index contributed by atoms with van der Waals surface area (Å²) in [5.41, 5.74) is 0. The first kappa shape index (κ1) is 15.7.